The van der Waals surface area contributed by atoms with Crippen LogP contribution in [0.4, 0.5) is 0 Å². The minimum atomic E-state index is 1.03. The first-order chi connectivity index (χ1) is 8.27. The van der Waals surface area contributed by atoms with Crippen LogP contribution in [0.5, 0.6) is 0 Å². The summed E-state index contributed by atoms with van der Waals surface area (Å²) in [5, 5.41) is 0. The van der Waals surface area contributed by atoms with Gasteiger partial charge in [-0.3, -0.25) is 0 Å². The normalized spacial score (nSPS) is 9.82. The van der Waals surface area contributed by atoms with Crippen LogP contribution in [0.2, 0.25) is 0 Å². The number of hydrogen-bond acceptors (Lipinski definition) is 0. The number of aryl methyl sites for hydroxylation is 2. The molecule has 0 heterocycles. The Hall–Kier alpha value is -1.22. The van der Waals surface area contributed by atoms with Gasteiger partial charge in [-0.1, -0.05) is 56.2 Å². The van der Waals surface area contributed by atoms with E-state index in [9.17, 15) is 0 Å². The molecule has 0 saturated carbocycles. The molecule has 92 valence electrons. The van der Waals surface area contributed by atoms with E-state index in [1.165, 1.54) is 42.4 Å². The molecular weight excluding hydrogens is 204 g/mol. The first kappa shape index (κ1) is 13.8. The summed E-state index contributed by atoms with van der Waals surface area (Å²) < 4.78 is 0. The van der Waals surface area contributed by atoms with E-state index in [1.54, 1.807) is 0 Å². The second-order valence-corrected chi connectivity index (χ2v) is 4.67. The first-order valence-electron chi connectivity index (χ1n) is 6.86. The molecule has 0 amide bonds. The molecule has 17 heavy (non-hydrogen) atoms. The molecule has 0 aliphatic heterocycles. The Morgan fingerprint density at radius 2 is 1.82 bits per heavy atom. The molecule has 0 nitrogen and oxygen atoms in total. The summed E-state index contributed by atoms with van der Waals surface area (Å²) in [5.74, 6) is 6.62. The average Bonchev–Trinajstić information content (AvgIpc) is 2.34. The second kappa shape index (κ2) is 7.96. The van der Waals surface area contributed by atoms with E-state index in [0.717, 1.165) is 12.8 Å². The Labute approximate surface area is 106 Å². The zero-order chi connectivity index (χ0) is 12.5. The molecule has 0 bridgehead atoms. The summed E-state index contributed by atoms with van der Waals surface area (Å²) in [4.78, 5) is 0. The number of unbranched alkanes of at least 4 members (excludes halogenated alkanes) is 3. The van der Waals surface area contributed by atoms with Gasteiger partial charge in [0.05, 0.1) is 0 Å². The minimum absolute atomic E-state index is 1.03. The highest BCUT2D eigenvalue weighted by Crippen LogP contribution is 2.14. The van der Waals surface area contributed by atoms with E-state index in [4.69, 9.17) is 0 Å². The van der Waals surface area contributed by atoms with Crippen LogP contribution in [0.15, 0.2) is 18.2 Å². The molecule has 0 N–H and O–H groups in total. The van der Waals surface area contributed by atoms with Gasteiger partial charge >= 0.3 is 0 Å². The van der Waals surface area contributed by atoms with Crippen molar-refractivity contribution in [3.8, 4) is 11.8 Å². The fourth-order valence-electron chi connectivity index (χ4n) is 1.84. The monoisotopic (exact) mass is 228 g/mol. The standard InChI is InChI=1S/C17H24/c1-4-6-8-9-11-16-13-12-15(3)14-17(16)10-7-5-2/h12-14H,4-8,10H2,1-3H3. The molecule has 1 aromatic carbocycles. The molecule has 1 rings (SSSR count). The topological polar surface area (TPSA) is 0 Å². The van der Waals surface area contributed by atoms with Gasteiger partial charge in [-0.05, 0) is 37.8 Å². The van der Waals surface area contributed by atoms with Crippen molar-refractivity contribution >= 4 is 0 Å². The predicted octanol–water partition coefficient (Wildman–Crippen LogP) is 4.88. The zero-order valence-corrected chi connectivity index (χ0v) is 11.5. The predicted molar refractivity (Wildman–Crippen MR) is 76.2 cm³/mol. The Kier molecular flexibility index (Phi) is 6.48. The van der Waals surface area contributed by atoms with Crippen LogP contribution in [0, 0.1) is 18.8 Å². The maximum atomic E-state index is 3.33. The van der Waals surface area contributed by atoms with E-state index in [0.29, 0.717) is 0 Å². The van der Waals surface area contributed by atoms with Crippen molar-refractivity contribution in [3.05, 3.63) is 34.9 Å². The molecular formula is C17H24. The van der Waals surface area contributed by atoms with Crippen molar-refractivity contribution in [1.82, 2.24) is 0 Å². The van der Waals surface area contributed by atoms with Crippen molar-refractivity contribution in [3.63, 3.8) is 0 Å². The van der Waals surface area contributed by atoms with Crippen molar-refractivity contribution in [1.29, 1.82) is 0 Å². The lowest BCUT2D eigenvalue weighted by atomic mass is 10.00. The Balaban J connectivity index is 2.77. The van der Waals surface area contributed by atoms with Crippen LogP contribution in [0.3, 0.4) is 0 Å². The highest BCUT2D eigenvalue weighted by Gasteiger charge is 1.99. The number of benzene rings is 1. The summed E-state index contributed by atoms with van der Waals surface area (Å²) in [6.07, 6.45) is 7.13. The van der Waals surface area contributed by atoms with Crippen LogP contribution in [-0.2, 0) is 6.42 Å². The molecule has 0 aliphatic rings. The number of hydrogen-bond donors (Lipinski definition) is 0. The van der Waals surface area contributed by atoms with Gasteiger partial charge in [0, 0.05) is 12.0 Å². The van der Waals surface area contributed by atoms with E-state index in [-0.39, 0.29) is 0 Å². The molecule has 0 aromatic heterocycles. The van der Waals surface area contributed by atoms with Gasteiger partial charge in [0.1, 0.15) is 0 Å². The van der Waals surface area contributed by atoms with E-state index in [2.05, 4.69) is 50.8 Å². The van der Waals surface area contributed by atoms with Crippen LogP contribution in [-0.4, -0.2) is 0 Å². The highest BCUT2D eigenvalue weighted by atomic mass is 14.0. The van der Waals surface area contributed by atoms with E-state index >= 15 is 0 Å². The van der Waals surface area contributed by atoms with Gasteiger partial charge in [-0.15, -0.1) is 0 Å². The van der Waals surface area contributed by atoms with Gasteiger partial charge in [0.2, 0.25) is 0 Å². The average molecular weight is 228 g/mol. The Morgan fingerprint density at radius 3 is 2.53 bits per heavy atom. The van der Waals surface area contributed by atoms with Gasteiger partial charge < -0.3 is 0 Å². The van der Waals surface area contributed by atoms with Gasteiger partial charge in [-0.25, -0.2) is 0 Å². The van der Waals surface area contributed by atoms with Crippen molar-refractivity contribution in [2.75, 3.05) is 0 Å². The molecule has 1 aromatic rings. The van der Waals surface area contributed by atoms with Crippen molar-refractivity contribution < 1.29 is 0 Å². The van der Waals surface area contributed by atoms with Gasteiger partial charge in [-0.2, -0.15) is 0 Å². The van der Waals surface area contributed by atoms with Crippen LogP contribution in [0.25, 0.3) is 0 Å². The van der Waals surface area contributed by atoms with E-state index in [1.807, 2.05) is 0 Å². The summed E-state index contributed by atoms with van der Waals surface area (Å²) in [6.45, 7) is 6.60. The third-order valence-electron chi connectivity index (χ3n) is 2.94. The lowest BCUT2D eigenvalue weighted by molar-refractivity contribution is 0.793. The molecule has 0 atom stereocenters. The van der Waals surface area contributed by atoms with Crippen LogP contribution >= 0.6 is 0 Å². The Morgan fingerprint density at radius 1 is 1.06 bits per heavy atom. The summed E-state index contributed by atoms with van der Waals surface area (Å²) >= 11 is 0. The Bertz CT molecular complexity index is 390. The van der Waals surface area contributed by atoms with Crippen LogP contribution in [0.1, 0.15) is 62.6 Å². The van der Waals surface area contributed by atoms with E-state index < -0.39 is 0 Å². The largest absolute Gasteiger partial charge is 0.0979 e. The molecule has 0 saturated heterocycles. The molecule has 0 aliphatic carbocycles. The third kappa shape index (κ3) is 5.09. The summed E-state index contributed by atoms with van der Waals surface area (Å²) in [6, 6.07) is 6.64. The minimum Gasteiger partial charge on any atom is -0.0979 e. The lowest BCUT2D eigenvalue weighted by Crippen LogP contribution is -1.91. The van der Waals surface area contributed by atoms with Gasteiger partial charge in [0.15, 0.2) is 0 Å². The quantitative estimate of drug-likeness (QED) is 0.498. The lowest BCUT2D eigenvalue weighted by Gasteiger charge is -2.05. The zero-order valence-electron chi connectivity index (χ0n) is 11.5. The molecule has 0 fully saturated rings. The second-order valence-electron chi connectivity index (χ2n) is 4.67. The molecule has 0 spiro atoms. The SMILES string of the molecule is CCCCC#Cc1ccc(C)cc1CCCC. The number of rotatable bonds is 5. The summed E-state index contributed by atoms with van der Waals surface area (Å²) in [5.41, 5.74) is 4.01. The third-order valence-corrected chi connectivity index (χ3v) is 2.94. The highest BCUT2D eigenvalue weighted by molar-refractivity contribution is 5.43. The summed E-state index contributed by atoms with van der Waals surface area (Å²) in [7, 11) is 0. The molecule has 0 heteroatoms. The maximum absolute atomic E-state index is 3.33. The fourth-order valence-corrected chi connectivity index (χ4v) is 1.84. The smallest absolute Gasteiger partial charge is 0.0277 e. The fraction of sp³-hybridized carbons (Fsp3) is 0.529. The molecule has 0 radical (unpaired) electrons. The van der Waals surface area contributed by atoms with Gasteiger partial charge in [0.25, 0.3) is 0 Å². The van der Waals surface area contributed by atoms with Crippen molar-refractivity contribution in [2.24, 2.45) is 0 Å². The maximum Gasteiger partial charge on any atom is 0.0277 e. The first-order valence-corrected chi connectivity index (χ1v) is 6.86. The van der Waals surface area contributed by atoms with Crippen LogP contribution < -0.4 is 0 Å². The van der Waals surface area contributed by atoms with Crippen molar-refractivity contribution in [2.45, 2.75) is 59.3 Å². The molecule has 0 unspecified atom stereocenters.